The molecule has 1 aromatic rings. The van der Waals surface area contributed by atoms with Crippen molar-refractivity contribution in [2.24, 2.45) is 5.92 Å². The molecule has 1 fully saturated rings. The minimum Gasteiger partial charge on any atom is -0.477 e. The molecule has 1 aliphatic heterocycles. The van der Waals surface area contributed by atoms with E-state index in [1.807, 2.05) is 0 Å². The molecule has 0 radical (unpaired) electrons. The van der Waals surface area contributed by atoms with Gasteiger partial charge in [0.15, 0.2) is 0 Å². The van der Waals surface area contributed by atoms with Gasteiger partial charge in [-0.2, -0.15) is 4.98 Å². The third-order valence-electron chi connectivity index (χ3n) is 2.45. The number of nitrogens with zero attached hydrogens (tertiary/aromatic N) is 2. The monoisotopic (exact) mass is 262 g/mol. The normalized spacial score (nSPS) is 17.4. The molecule has 88 valence electrons. The second-order valence-corrected chi connectivity index (χ2v) is 4.39. The van der Waals surface area contributed by atoms with E-state index >= 15 is 0 Å². The first-order valence-corrected chi connectivity index (χ1v) is 5.90. The Hall–Kier alpha value is -0.580. The van der Waals surface area contributed by atoms with Crippen molar-refractivity contribution in [1.29, 1.82) is 0 Å². The van der Waals surface area contributed by atoms with Crippen LogP contribution in [0.25, 0.3) is 0 Å². The third kappa shape index (κ3) is 3.47. The highest BCUT2D eigenvalue weighted by atomic mass is 35.5. The number of rotatable bonds is 3. The Bertz CT molecular complexity index is 336. The van der Waals surface area contributed by atoms with Crippen LogP contribution in [-0.4, -0.2) is 29.8 Å². The summed E-state index contributed by atoms with van der Waals surface area (Å²) in [6.45, 7) is 2.23. The van der Waals surface area contributed by atoms with E-state index in [2.05, 4.69) is 9.97 Å². The van der Waals surface area contributed by atoms with Crippen molar-refractivity contribution in [3.05, 3.63) is 16.5 Å². The van der Waals surface area contributed by atoms with Crippen molar-refractivity contribution >= 4 is 23.2 Å². The molecule has 0 saturated carbocycles. The predicted octanol–water partition coefficient (Wildman–Crippen LogP) is 2.59. The van der Waals surface area contributed by atoms with Gasteiger partial charge in [0, 0.05) is 19.3 Å². The number of hydrogen-bond acceptors (Lipinski definition) is 4. The number of ether oxygens (including phenoxy) is 2. The fourth-order valence-electron chi connectivity index (χ4n) is 1.56. The summed E-state index contributed by atoms with van der Waals surface area (Å²) in [5.41, 5.74) is 0. The van der Waals surface area contributed by atoms with Crippen molar-refractivity contribution in [3.8, 4) is 5.88 Å². The predicted molar refractivity (Wildman–Crippen MR) is 61.1 cm³/mol. The first-order chi connectivity index (χ1) is 7.74. The lowest BCUT2D eigenvalue weighted by atomic mass is 10.0. The van der Waals surface area contributed by atoms with E-state index in [1.54, 1.807) is 6.07 Å². The van der Waals surface area contributed by atoms with Gasteiger partial charge in [-0.05, 0) is 30.4 Å². The lowest BCUT2D eigenvalue weighted by Gasteiger charge is -2.21. The van der Waals surface area contributed by atoms with Gasteiger partial charge in [-0.25, -0.2) is 4.98 Å². The van der Waals surface area contributed by atoms with Crippen molar-refractivity contribution in [2.45, 2.75) is 12.8 Å². The van der Waals surface area contributed by atoms with Gasteiger partial charge in [-0.3, -0.25) is 0 Å². The van der Waals surface area contributed by atoms with E-state index in [9.17, 15) is 0 Å². The van der Waals surface area contributed by atoms with Gasteiger partial charge in [0.2, 0.25) is 11.2 Å². The molecule has 1 aromatic heterocycles. The smallest absolute Gasteiger partial charge is 0.227 e. The van der Waals surface area contributed by atoms with Gasteiger partial charge < -0.3 is 9.47 Å². The highest BCUT2D eigenvalue weighted by Gasteiger charge is 2.15. The van der Waals surface area contributed by atoms with Crippen LogP contribution in [0.5, 0.6) is 5.88 Å². The molecular weight excluding hydrogens is 251 g/mol. The van der Waals surface area contributed by atoms with Crippen LogP contribution in [0, 0.1) is 5.92 Å². The lowest BCUT2D eigenvalue weighted by molar-refractivity contribution is 0.0490. The maximum Gasteiger partial charge on any atom is 0.227 e. The summed E-state index contributed by atoms with van der Waals surface area (Å²) in [6, 6.07) is 1.56. The van der Waals surface area contributed by atoms with Crippen LogP contribution in [0.15, 0.2) is 6.07 Å². The minimum atomic E-state index is 0.106. The summed E-state index contributed by atoms with van der Waals surface area (Å²) < 4.78 is 10.8. The summed E-state index contributed by atoms with van der Waals surface area (Å²) >= 11 is 11.4. The molecule has 2 heterocycles. The average Bonchev–Trinajstić information content (AvgIpc) is 2.27. The SMILES string of the molecule is Clc1cc(OCC2CCOCC2)nc(Cl)n1. The molecule has 1 aliphatic rings. The van der Waals surface area contributed by atoms with Gasteiger partial charge in [-0.1, -0.05) is 11.6 Å². The number of hydrogen-bond donors (Lipinski definition) is 0. The maximum atomic E-state index is 5.74. The Morgan fingerprint density at radius 3 is 2.75 bits per heavy atom. The summed E-state index contributed by atoms with van der Waals surface area (Å²) in [7, 11) is 0. The van der Waals surface area contributed by atoms with E-state index in [1.165, 1.54) is 0 Å². The van der Waals surface area contributed by atoms with Crippen LogP contribution in [-0.2, 0) is 4.74 Å². The highest BCUT2D eigenvalue weighted by molar-refractivity contribution is 6.31. The Morgan fingerprint density at radius 1 is 1.31 bits per heavy atom. The molecule has 0 spiro atoms. The fourth-order valence-corrected chi connectivity index (χ4v) is 1.95. The van der Waals surface area contributed by atoms with Crippen LogP contribution < -0.4 is 4.74 Å². The topological polar surface area (TPSA) is 44.2 Å². The quantitative estimate of drug-likeness (QED) is 0.621. The molecule has 2 rings (SSSR count). The van der Waals surface area contributed by atoms with Crippen molar-refractivity contribution in [2.75, 3.05) is 19.8 Å². The van der Waals surface area contributed by atoms with E-state index in [-0.39, 0.29) is 5.28 Å². The summed E-state index contributed by atoms with van der Waals surface area (Å²) in [6.07, 6.45) is 2.04. The molecule has 0 unspecified atom stereocenters. The fraction of sp³-hybridized carbons (Fsp3) is 0.600. The zero-order valence-electron chi connectivity index (χ0n) is 8.66. The van der Waals surface area contributed by atoms with Gasteiger partial charge in [0.1, 0.15) is 5.15 Å². The Balaban J connectivity index is 1.88. The summed E-state index contributed by atoms with van der Waals surface area (Å²) in [5, 5.41) is 0.399. The van der Waals surface area contributed by atoms with Crippen LogP contribution in [0.3, 0.4) is 0 Å². The lowest BCUT2D eigenvalue weighted by Crippen LogP contribution is -2.21. The molecule has 1 saturated heterocycles. The number of aromatic nitrogens is 2. The first kappa shape index (κ1) is 11.9. The molecule has 0 amide bonds. The third-order valence-corrected chi connectivity index (χ3v) is 2.81. The molecule has 0 aromatic carbocycles. The first-order valence-electron chi connectivity index (χ1n) is 5.14. The van der Waals surface area contributed by atoms with Gasteiger partial charge in [0.25, 0.3) is 0 Å². The zero-order valence-corrected chi connectivity index (χ0v) is 10.2. The minimum absolute atomic E-state index is 0.106. The molecule has 6 heteroatoms. The van der Waals surface area contributed by atoms with Gasteiger partial charge in [0.05, 0.1) is 6.61 Å². The Kier molecular flexibility index (Phi) is 4.21. The average molecular weight is 263 g/mol. The molecule has 0 N–H and O–H groups in total. The van der Waals surface area contributed by atoms with Crippen LogP contribution in [0.4, 0.5) is 0 Å². The Labute approximate surface area is 104 Å². The summed E-state index contributed by atoms with van der Waals surface area (Å²) in [4.78, 5) is 7.68. The maximum absolute atomic E-state index is 5.74. The molecular formula is C10H12Cl2N2O2. The van der Waals surface area contributed by atoms with E-state index < -0.39 is 0 Å². The van der Waals surface area contributed by atoms with E-state index in [0.717, 1.165) is 26.1 Å². The van der Waals surface area contributed by atoms with Crippen molar-refractivity contribution < 1.29 is 9.47 Å². The molecule has 0 aliphatic carbocycles. The number of halogens is 2. The van der Waals surface area contributed by atoms with Crippen molar-refractivity contribution in [3.63, 3.8) is 0 Å². The second-order valence-electron chi connectivity index (χ2n) is 3.66. The zero-order chi connectivity index (χ0) is 11.4. The Morgan fingerprint density at radius 2 is 2.06 bits per heavy atom. The largest absolute Gasteiger partial charge is 0.477 e. The standard InChI is InChI=1S/C10H12Cl2N2O2/c11-8-5-9(14-10(12)13-8)16-6-7-1-3-15-4-2-7/h5,7H,1-4,6H2. The molecule has 4 nitrogen and oxygen atoms in total. The van der Waals surface area contributed by atoms with Crippen molar-refractivity contribution in [1.82, 2.24) is 9.97 Å². The molecule has 0 bridgehead atoms. The summed E-state index contributed by atoms with van der Waals surface area (Å²) in [5.74, 6) is 0.942. The highest BCUT2D eigenvalue weighted by Crippen LogP contribution is 2.19. The second kappa shape index (κ2) is 5.66. The van der Waals surface area contributed by atoms with Crippen LogP contribution in [0.2, 0.25) is 10.4 Å². The van der Waals surface area contributed by atoms with Crippen LogP contribution >= 0.6 is 23.2 Å². The molecule has 0 atom stereocenters. The van der Waals surface area contributed by atoms with E-state index in [0.29, 0.717) is 23.6 Å². The van der Waals surface area contributed by atoms with Gasteiger partial charge >= 0.3 is 0 Å². The van der Waals surface area contributed by atoms with E-state index in [4.69, 9.17) is 32.7 Å². The van der Waals surface area contributed by atoms with Crippen LogP contribution in [0.1, 0.15) is 12.8 Å². The molecule has 16 heavy (non-hydrogen) atoms. The van der Waals surface area contributed by atoms with Gasteiger partial charge in [-0.15, -0.1) is 0 Å².